The van der Waals surface area contributed by atoms with Crippen molar-refractivity contribution in [3.05, 3.63) is 0 Å². The topological polar surface area (TPSA) is 75.4 Å². The Hall–Kier alpha value is -1.10. The van der Waals surface area contributed by atoms with E-state index in [0.717, 1.165) is 25.7 Å². The minimum atomic E-state index is -0.373. The zero-order valence-corrected chi connectivity index (χ0v) is 11.0. The Morgan fingerprint density at radius 3 is 2.39 bits per heavy atom. The molecule has 3 N–H and O–H groups in total. The number of nitrogens with two attached hydrogens (primary N) is 1. The average Bonchev–Trinajstić information content (AvgIpc) is 3.22. The first-order valence-electron chi connectivity index (χ1n) is 6.96. The summed E-state index contributed by atoms with van der Waals surface area (Å²) in [5, 5.41) is 3.08. The summed E-state index contributed by atoms with van der Waals surface area (Å²) in [6.07, 6.45) is 4.45. The third kappa shape index (κ3) is 3.22. The van der Waals surface area contributed by atoms with Crippen LogP contribution in [0.25, 0.3) is 0 Å². The number of rotatable bonds is 4. The molecule has 102 valence electrons. The smallest absolute Gasteiger partial charge is 0.239 e. The van der Waals surface area contributed by atoms with Crippen LogP contribution in [0.4, 0.5) is 0 Å². The molecule has 2 amide bonds. The molecule has 2 fully saturated rings. The molecule has 0 spiro atoms. The van der Waals surface area contributed by atoms with Gasteiger partial charge < -0.3 is 16.0 Å². The first kappa shape index (κ1) is 13.3. The van der Waals surface area contributed by atoms with Crippen molar-refractivity contribution in [1.82, 2.24) is 10.2 Å². The van der Waals surface area contributed by atoms with Crippen molar-refractivity contribution in [2.75, 3.05) is 13.1 Å². The van der Waals surface area contributed by atoms with E-state index in [0.29, 0.717) is 19.5 Å². The van der Waals surface area contributed by atoms with Gasteiger partial charge in [0.15, 0.2) is 0 Å². The maximum atomic E-state index is 11.9. The highest BCUT2D eigenvalue weighted by Crippen LogP contribution is 2.29. The molecular formula is C13H23N3O2. The second-order valence-electron chi connectivity index (χ2n) is 5.40. The monoisotopic (exact) mass is 253 g/mol. The predicted octanol–water partition coefficient (Wildman–Crippen LogP) is 0.241. The number of carbonyl (C=O) groups excluding carboxylic acids is 2. The number of nitrogens with zero attached hydrogens (tertiary/aromatic N) is 1. The van der Waals surface area contributed by atoms with Crippen LogP contribution in [0.1, 0.15) is 39.0 Å². The number of amides is 2. The van der Waals surface area contributed by atoms with Gasteiger partial charge in [0.25, 0.3) is 0 Å². The lowest BCUT2D eigenvalue weighted by molar-refractivity contribution is -0.133. The zero-order valence-electron chi connectivity index (χ0n) is 11.0. The highest BCUT2D eigenvalue weighted by atomic mass is 16.2. The zero-order chi connectivity index (χ0) is 13.1. The Morgan fingerprint density at radius 2 is 1.89 bits per heavy atom. The van der Waals surface area contributed by atoms with E-state index in [2.05, 4.69) is 5.32 Å². The fraction of sp³-hybridized carbons (Fsp3) is 0.846. The highest BCUT2D eigenvalue weighted by Gasteiger charge is 2.32. The Labute approximate surface area is 108 Å². The minimum absolute atomic E-state index is 0.0458. The van der Waals surface area contributed by atoms with Crippen molar-refractivity contribution in [2.24, 2.45) is 11.7 Å². The molecular weight excluding hydrogens is 230 g/mol. The van der Waals surface area contributed by atoms with Crippen LogP contribution < -0.4 is 11.1 Å². The van der Waals surface area contributed by atoms with Crippen LogP contribution in [0.2, 0.25) is 0 Å². The maximum absolute atomic E-state index is 11.9. The summed E-state index contributed by atoms with van der Waals surface area (Å²) in [4.78, 5) is 25.3. The van der Waals surface area contributed by atoms with Gasteiger partial charge in [0.05, 0.1) is 6.04 Å². The van der Waals surface area contributed by atoms with E-state index in [4.69, 9.17) is 5.73 Å². The lowest BCUT2D eigenvalue weighted by atomic mass is 10.0. The largest absolute Gasteiger partial charge is 0.353 e. The maximum Gasteiger partial charge on any atom is 0.239 e. The molecule has 2 rings (SSSR count). The molecule has 0 radical (unpaired) electrons. The first-order valence-corrected chi connectivity index (χ1v) is 6.96. The summed E-state index contributed by atoms with van der Waals surface area (Å²) >= 11 is 0. The average molecular weight is 253 g/mol. The molecule has 1 atom stereocenters. The van der Waals surface area contributed by atoms with Crippen molar-refractivity contribution in [1.29, 1.82) is 0 Å². The molecule has 1 heterocycles. The molecule has 0 unspecified atom stereocenters. The number of hydrogen-bond donors (Lipinski definition) is 2. The molecule has 18 heavy (non-hydrogen) atoms. The van der Waals surface area contributed by atoms with Gasteiger partial charge in [-0.15, -0.1) is 0 Å². The van der Waals surface area contributed by atoms with Crippen molar-refractivity contribution >= 4 is 11.8 Å². The van der Waals surface area contributed by atoms with Crippen LogP contribution >= 0.6 is 0 Å². The molecule has 2 aliphatic rings. The van der Waals surface area contributed by atoms with Crippen molar-refractivity contribution in [2.45, 2.75) is 51.1 Å². The molecule has 1 aliphatic carbocycles. The third-order valence-electron chi connectivity index (χ3n) is 3.86. The quantitative estimate of drug-likeness (QED) is 0.753. The van der Waals surface area contributed by atoms with E-state index in [1.54, 1.807) is 0 Å². The molecule has 0 aromatic rings. The van der Waals surface area contributed by atoms with Crippen LogP contribution in [0, 0.1) is 5.92 Å². The fourth-order valence-corrected chi connectivity index (χ4v) is 2.32. The normalized spacial score (nSPS) is 22.7. The number of piperidine rings is 1. The standard InChI is InChI=1S/C13H23N3O2/c1-2-11(14)13(18)16-7-5-10(6-8-16)15-12(17)9-3-4-9/h9-11H,2-8,14H2,1H3,(H,15,17)/t11-/m0/s1. The van der Waals surface area contributed by atoms with Gasteiger partial charge in [-0.05, 0) is 32.1 Å². The molecule has 1 saturated carbocycles. The Kier molecular flexibility index (Phi) is 4.22. The Bertz CT molecular complexity index is 320. The highest BCUT2D eigenvalue weighted by molar-refractivity contribution is 5.82. The molecule has 0 aromatic carbocycles. The van der Waals surface area contributed by atoms with Gasteiger partial charge >= 0.3 is 0 Å². The van der Waals surface area contributed by atoms with E-state index in [1.165, 1.54) is 0 Å². The second-order valence-corrected chi connectivity index (χ2v) is 5.40. The van der Waals surface area contributed by atoms with Crippen LogP contribution in [-0.2, 0) is 9.59 Å². The van der Waals surface area contributed by atoms with Gasteiger partial charge in [-0.3, -0.25) is 9.59 Å². The summed E-state index contributed by atoms with van der Waals surface area (Å²) in [5.74, 6) is 0.507. The minimum Gasteiger partial charge on any atom is -0.353 e. The molecule has 1 saturated heterocycles. The van der Waals surface area contributed by atoms with E-state index in [9.17, 15) is 9.59 Å². The van der Waals surface area contributed by atoms with Crippen LogP contribution in [0.15, 0.2) is 0 Å². The number of hydrogen-bond acceptors (Lipinski definition) is 3. The second kappa shape index (κ2) is 5.69. The van der Waals surface area contributed by atoms with Gasteiger partial charge in [0.1, 0.15) is 0 Å². The van der Waals surface area contributed by atoms with E-state index in [-0.39, 0.29) is 29.8 Å². The molecule has 5 nitrogen and oxygen atoms in total. The van der Waals surface area contributed by atoms with Crippen LogP contribution in [0.5, 0.6) is 0 Å². The SMILES string of the molecule is CC[C@H](N)C(=O)N1CCC(NC(=O)C2CC2)CC1. The van der Waals surface area contributed by atoms with Gasteiger partial charge in [-0.1, -0.05) is 6.92 Å². The number of carbonyl (C=O) groups is 2. The lowest BCUT2D eigenvalue weighted by Gasteiger charge is -2.33. The molecule has 1 aliphatic heterocycles. The van der Waals surface area contributed by atoms with Crippen molar-refractivity contribution in [3.8, 4) is 0 Å². The Balaban J connectivity index is 1.73. The van der Waals surface area contributed by atoms with Crippen molar-refractivity contribution < 1.29 is 9.59 Å². The van der Waals surface area contributed by atoms with Crippen LogP contribution in [0.3, 0.4) is 0 Å². The van der Waals surface area contributed by atoms with Gasteiger partial charge in [0.2, 0.25) is 11.8 Å². The fourth-order valence-electron chi connectivity index (χ4n) is 2.32. The Morgan fingerprint density at radius 1 is 1.28 bits per heavy atom. The third-order valence-corrected chi connectivity index (χ3v) is 3.86. The van der Waals surface area contributed by atoms with Crippen LogP contribution in [-0.4, -0.2) is 41.9 Å². The summed E-state index contributed by atoms with van der Waals surface area (Å²) in [5.41, 5.74) is 5.75. The first-order chi connectivity index (χ1) is 8.61. The lowest BCUT2D eigenvalue weighted by Crippen LogP contribution is -2.51. The van der Waals surface area contributed by atoms with E-state index < -0.39 is 0 Å². The molecule has 5 heteroatoms. The molecule has 0 bridgehead atoms. The summed E-state index contributed by atoms with van der Waals surface area (Å²) in [7, 11) is 0. The number of nitrogens with one attached hydrogen (secondary N) is 1. The van der Waals surface area contributed by atoms with Gasteiger partial charge in [-0.2, -0.15) is 0 Å². The summed E-state index contributed by atoms with van der Waals surface area (Å²) in [6.45, 7) is 3.34. The summed E-state index contributed by atoms with van der Waals surface area (Å²) < 4.78 is 0. The summed E-state index contributed by atoms with van der Waals surface area (Å²) in [6, 6.07) is -0.136. The van der Waals surface area contributed by atoms with Gasteiger partial charge in [0, 0.05) is 25.0 Å². The van der Waals surface area contributed by atoms with Crippen molar-refractivity contribution in [3.63, 3.8) is 0 Å². The van der Waals surface area contributed by atoms with E-state index in [1.807, 2.05) is 11.8 Å². The van der Waals surface area contributed by atoms with Gasteiger partial charge in [-0.25, -0.2) is 0 Å². The van der Waals surface area contributed by atoms with E-state index >= 15 is 0 Å². The predicted molar refractivity (Wildman–Crippen MR) is 68.7 cm³/mol. The number of likely N-dealkylation sites (tertiary alicyclic amines) is 1. The molecule has 0 aromatic heterocycles.